The summed E-state index contributed by atoms with van der Waals surface area (Å²) < 4.78 is 16.7. The molecule has 0 aromatic heterocycles. The number of carbonyl (C=O) groups is 2. The van der Waals surface area contributed by atoms with Crippen LogP contribution >= 0.6 is 0 Å². The molecule has 0 bridgehead atoms. The van der Waals surface area contributed by atoms with Crippen LogP contribution in [0.2, 0.25) is 0 Å². The van der Waals surface area contributed by atoms with Gasteiger partial charge in [0.2, 0.25) is 0 Å². The Labute approximate surface area is 264 Å². The van der Waals surface area contributed by atoms with E-state index in [0.717, 1.165) is 38.5 Å². The van der Waals surface area contributed by atoms with Gasteiger partial charge < -0.3 is 24.4 Å². The molecule has 1 aliphatic heterocycles. The van der Waals surface area contributed by atoms with E-state index < -0.39 is 37.0 Å². The number of rotatable bonds is 30. The van der Waals surface area contributed by atoms with Gasteiger partial charge in [-0.05, 0) is 12.8 Å². The van der Waals surface area contributed by atoms with Gasteiger partial charge in [0.25, 0.3) is 0 Å². The highest BCUT2D eigenvalue weighted by Gasteiger charge is 2.45. The summed E-state index contributed by atoms with van der Waals surface area (Å²) in [4.78, 5) is 24.9. The first-order chi connectivity index (χ1) is 21.0. The van der Waals surface area contributed by atoms with Crippen LogP contribution in [0.25, 0.3) is 0 Å². The standard InChI is InChI=1S/C36H68O7/c1-3-5-7-9-11-13-14-15-16-17-18-20-22-24-26-28-34(40)43-35-31(38)30-41-36(35)32(29-37)42-33(39)27-25-23-21-19-12-10-8-6-4-2/h31-32,35-38H,3-30H2,1-2H3/t31-,32+,35+,36+/m0/s1. The Balaban J connectivity index is 2.13. The van der Waals surface area contributed by atoms with E-state index in [4.69, 9.17) is 14.2 Å². The first kappa shape index (κ1) is 39.8. The van der Waals surface area contributed by atoms with Gasteiger partial charge in [-0.15, -0.1) is 0 Å². The number of hydrogen-bond acceptors (Lipinski definition) is 7. The zero-order chi connectivity index (χ0) is 31.4. The van der Waals surface area contributed by atoms with Crippen LogP contribution in [0.4, 0.5) is 0 Å². The van der Waals surface area contributed by atoms with Gasteiger partial charge in [0.1, 0.15) is 12.2 Å². The maximum atomic E-state index is 12.5. The lowest BCUT2D eigenvalue weighted by molar-refractivity contribution is -0.171. The van der Waals surface area contributed by atoms with E-state index in [-0.39, 0.29) is 25.4 Å². The molecular formula is C36H68O7. The van der Waals surface area contributed by atoms with Crippen LogP contribution in [0.15, 0.2) is 0 Å². The van der Waals surface area contributed by atoms with Crippen molar-refractivity contribution >= 4 is 11.9 Å². The fourth-order valence-corrected chi connectivity index (χ4v) is 5.95. The van der Waals surface area contributed by atoms with Crippen LogP contribution in [0.1, 0.15) is 181 Å². The van der Waals surface area contributed by atoms with Crippen LogP contribution in [0.5, 0.6) is 0 Å². The van der Waals surface area contributed by atoms with Crippen molar-refractivity contribution in [2.75, 3.05) is 13.2 Å². The Morgan fingerprint density at radius 2 is 1.00 bits per heavy atom. The van der Waals surface area contributed by atoms with E-state index in [0.29, 0.717) is 0 Å². The molecule has 1 fully saturated rings. The number of aliphatic hydroxyl groups is 2. The van der Waals surface area contributed by atoms with Crippen molar-refractivity contribution in [1.29, 1.82) is 0 Å². The molecule has 43 heavy (non-hydrogen) atoms. The molecule has 1 rings (SSSR count). The molecule has 254 valence electrons. The van der Waals surface area contributed by atoms with E-state index in [2.05, 4.69) is 13.8 Å². The minimum absolute atomic E-state index is 0.0200. The summed E-state index contributed by atoms with van der Waals surface area (Å²) in [7, 11) is 0. The maximum absolute atomic E-state index is 12.5. The van der Waals surface area contributed by atoms with Crippen molar-refractivity contribution in [3.8, 4) is 0 Å². The highest BCUT2D eigenvalue weighted by atomic mass is 16.6. The summed E-state index contributed by atoms with van der Waals surface area (Å²) in [5.41, 5.74) is 0. The number of esters is 2. The number of hydrogen-bond donors (Lipinski definition) is 2. The lowest BCUT2D eigenvalue weighted by atomic mass is 10.0. The Bertz CT molecular complexity index is 656. The van der Waals surface area contributed by atoms with Crippen molar-refractivity contribution in [3.63, 3.8) is 0 Å². The second kappa shape index (κ2) is 28.3. The number of unbranched alkanes of at least 4 members (excludes halogenated alkanes) is 22. The molecule has 0 amide bonds. The average molecular weight is 613 g/mol. The van der Waals surface area contributed by atoms with Gasteiger partial charge in [-0.25, -0.2) is 0 Å². The van der Waals surface area contributed by atoms with E-state index in [9.17, 15) is 19.8 Å². The minimum Gasteiger partial charge on any atom is -0.457 e. The highest BCUT2D eigenvalue weighted by molar-refractivity contribution is 5.70. The topological polar surface area (TPSA) is 102 Å². The summed E-state index contributed by atoms with van der Waals surface area (Å²) in [6.45, 7) is 4.01. The van der Waals surface area contributed by atoms with Gasteiger partial charge in [-0.3, -0.25) is 9.59 Å². The lowest BCUT2D eigenvalue weighted by Gasteiger charge is -2.27. The smallest absolute Gasteiger partial charge is 0.306 e. The van der Waals surface area contributed by atoms with Crippen LogP contribution in [-0.4, -0.2) is 59.8 Å². The second-order valence-corrected chi connectivity index (χ2v) is 12.8. The Kier molecular flexibility index (Phi) is 26.2. The predicted octanol–water partition coefficient (Wildman–Crippen LogP) is 8.74. The van der Waals surface area contributed by atoms with Gasteiger partial charge in [-0.1, -0.05) is 155 Å². The summed E-state index contributed by atoms with van der Waals surface area (Å²) in [6, 6.07) is 0. The monoisotopic (exact) mass is 612 g/mol. The molecule has 1 saturated heterocycles. The van der Waals surface area contributed by atoms with Crippen molar-refractivity contribution in [2.24, 2.45) is 0 Å². The van der Waals surface area contributed by atoms with E-state index in [1.165, 1.54) is 116 Å². The van der Waals surface area contributed by atoms with Crippen molar-refractivity contribution < 1.29 is 34.0 Å². The largest absolute Gasteiger partial charge is 0.457 e. The average Bonchev–Trinajstić information content (AvgIpc) is 3.36. The molecule has 4 atom stereocenters. The molecule has 0 aromatic carbocycles. The first-order valence-corrected chi connectivity index (χ1v) is 18.3. The molecule has 0 aromatic rings. The molecule has 0 unspecified atom stereocenters. The second-order valence-electron chi connectivity index (χ2n) is 12.8. The molecule has 2 N–H and O–H groups in total. The number of ether oxygens (including phenoxy) is 3. The molecule has 7 nitrogen and oxygen atoms in total. The van der Waals surface area contributed by atoms with E-state index in [1.807, 2.05) is 0 Å². The van der Waals surface area contributed by atoms with Crippen molar-refractivity contribution in [2.45, 2.75) is 205 Å². The molecule has 0 saturated carbocycles. The summed E-state index contributed by atoms with van der Waals surface area (Å²) in [5.74, 6) is -0.776. The van der Waals surface area contributed by atoms with Crippen LogP contribution in [-0.2, 0) is 23.8 Å². The summed E-state index contributed by atoms with van der Waals surface area (Å²) >= 11 is 0. The Hall–Kier alpha value is -1.18. The van der Waals surface area contributed by atoms with E-state index in [1.54, 1.807) is 0 Å². The fourth-order valence-electron chi connectivity index (χ4n) is 5.95. The third-order valence-electron chi connectivity index (χ3n) is 8.73. The highest BCUT2D eigenvalue weighted by Crippen LogP contribution is 2.24. The third kappa shape index (κ3) is 21.2. The SMILES string of the molecule is CCCCCCCCCCCCCCCCCC(=O)O[C@H]1[C@@H]([C@@H](CO)OC(=O)CCCCCCCCCCC)OC[C@@H]1O. The first-order valence-electron chi connectivity index (χ1n) is 18.3. The summed E-state index contributed by atoms with van der Waals surface area (Å²) in [5, 5.41) is 20.2. The summed E-state index contributed by atoms with van der Waals surface area (Å²) in [6.07, 6.45) is 26.2. The van der Waals surface area contributed by atoms with Crippen LogP contribution < -0.4 is 0 Å². The number of aliphatic hydroxyl groups excluding tert-OH is 2. The van der Waals surface area contributed by atoms with Gasteiger partial charge in [0.05, 0.1) is 13.2 Å². The zero-order valence-electron chi connectivity index (χ0n) is 28.0. The quantitative estimate of drug-likeness (QED) is 0.0617. The normalized spacial score (nSPS) is 19.0. The zero-order valence-corrected chi connectivity index (χ0v) is 28.0. The van der Waals surface area contributed by atoms with Crippen LogP contribution in [0, 0.1) is 0 Å². The van der Waals surface area contributed by atoms with Crippen LogP contribution in [0.3, 0.4) is 0 Å². The van der Waals surface area contributed by atoms with Gasteiger partial charge in [0, 0.05) is 12.8 Å². The molecule has 0 spiro atoms. The molecule has 1 aliphatic rings. The molecule has 0 aliphatic carbocycles. The van der Waals surface area contributed by atoms with Gasteiger partial charge in [0.15, 0.2) is 12.2 Å². The van der Waals surface area contributed by atoms with Crippen molar-refractivity contribution in [1.82, 2.24) is 0 Å². The third-order valence-corrected chi connectivity index (χ3v) is 8.73. The maximum Gasteiger partial charge on any atom is 0.306 e. The van der Waals surface area contributed by atoms with Gasteiger partial charge >= 0.3 is 11.9 Å². The molecular weight excluding hydrogens is 544 g/mol. The van der Waals surface area contributed by atoms with Crippen molar-refractivity contribution in [3.05, 3.63) is 0 Å². The van der Waals surface area contributed by atoms with Gasteiger partial charge in [-0.2, -0.15) is 0 Å². The Morgan fingerprint density at radius 1 is 0.628 bits per heavy atom. The molecule has 7 heteroatoms. The molecule has 0 radical (unpaired) electrons. The number of carbonyl (C=O) groups excluding carboxylic acids is 2. The Morgan fingerprint density at radius 3 is 1.40 bits per heavy atom. The fraction of sp³-hybridized carbons (Fsp3) is 0.944. The lowest BCUT2D eigenvalue weighted by Crippen LogP contribution is -2.45. The molecule has 1 heterocycles. The predicted molar refractivity (Wildman–Crippen MR) is 174 cm³/mol. The minimum atomic E-state index is -1.000. The van der Waals surface area contributed by atoms with E-state index >= 15 is 0 Å².